The fraction of sp³-hybridized carbons (Fsp3) is 0.478. The van der Waals surface area contributed by atoms with Gasteiger partial charge in [-0.1, -0.05) is 18.2 Å². The SMILES string of the molecule is CC(C)OC(=O)C(C)NP(=O)(OCC1OC(n2cnc3c(=O)[nH]c(N)nc32)C(C)(F)C1O)Oc1ccccc1. The predicted octanol–water partition coefficient (Wildman–Crippen LogP) is 1.82. The molecule has 1 fully saturated rings. The summed E-state index contributed by atoms with van der Waals surface area (Å²) in [4.78, 5) is 34.7. The molecule has 2 aromatic heterocycles. The van der Waals surface area contributed by atoms with Gasteiger partial charge in [0.1, 0.15) is 24.0 Å². The lowest BCUT2D eigenvalue weighted by Gasteiger charge is -2.25. The largest absolute Gasteiger partial charge is 0.462 e. The number of esters is 1. The Balaban J connectivity index is 1.56. The number of nitrogens with zero attached hydrogens (tertiary/aromatic N) is 3. The number of carbonyl (C=O) groups is 1. The Bertz CT molecular complexity index is 1430. The zero-order valence-electron chi connectivity index (χ0n) is 21.6. The number of aromatic nitrogens is 4. The number of imidazole rings is 1. The number of aliphatic hydroxyl groups is 1. The molecule has 0 bridgehead atoms. The van der Waals surface area contributed by atoms with Crippen molar-refractivity contribution in [2.24, 2.45) is 0 Å². The molecule has 4 rings (SSSR count). The number of anilines is 1. The molecule has 6 atom stereocenters. The summed E-state index contributed by atoms with van der Waals surface area (Å²) in [7, 11) is -4.31. The van der Waals surface area contributed by atoms with E-state index >= 15 is 4.39 Å². The van der Waals surface area contributed by atoms with Gasteiger partial charge in [-0.05, 0) is 39.8 Å². The Kier molecular flexibility index (Phi) is 8.09. The highest BCUT2D eigenvalue weighted by Gasteiger charge is 2.56. The van der Waals surface area contributed by atoms with Crippen molar-refractivity contribution in [3.8, 4) is 5.75 Å². The van der Waals surface area contributed by atoms with Gasteiger partial charge in [-0.15, -0.1) is 0 Å². The molecule has 1 aliphatic rings. The number of nitrogen functional groups attached to an aromatic ring is 1. The first-order chi connectivity index (χ1) is 18.3. The number of nitrogens with one attached hydrogen (secondary N) is 2. The third-order valence-electron chi connectivity index (χ3n) is 5.86. The summed E-state index contributed by atoms with van der Waals surface area (Å²) >= 11 is 0. The molecule has 212 valence electrons. The van der Waals surface area contributed by atoms with E-state index in [-0.39, 0.29) is 22.9 Å². The topological polar surface area (TPSA) is 193 Å². The lowest BCUT2D eigenvalue weighted by Crippen LogP contribution is -2.41. The summed E-state index contributed by atoms with van der Waals surface area (Å²) in [6.45, 7) is 5.22. The first kappa shape index (κ1) is 28.6. The van der Waals surface area contributed by atoms with Gasteiger partial charge in [0.2, 0.25) is 5.95 Å². The summed E-state index contributed by atoms with van der Waals surface area (Å²) in [5.74, 6) is -0.756. The van der Waals surface area contributed by atoms with Gasteiger partial charge in [-0.25, -0.2) is 13.9 Å². The fourth-order valence-corrected chi connectivity index (χ4v) is 5.47. The van der Waals surface area contributed by atoms with Crippen LogP contribution in [0.3, 0.4) is 0 Å². The van der Waals surface area contributed by atoms with Gasteiger partial charge < -0.3 is 24.8 Å². The van der Waals surface area contributed by atoms with Crippen LogP contribution in [0.25, 0.3) is 11.2 Å². The Labute approximate surface area is 222 Å². The van der Waals surface area contributed by atoms with E-state index < -0.39 is 62.1 Å². The van der Waals surface area contributed by atoms with Gasteiger partial charge in [0, 0.05) is 0 Å². The molecule has 1 aliphatic heterocycles. The number of nitrogens with two attached hydrogens (primary N) is 1. The molecular weight excluding hydrogens is 538 g/mol. The number of hydrogen-bond acceptors (Lipinski definition) is 11. The van der Waals surface area contributed by atoms with E-state index in [1.165, 1.54) is 19.1 Å². The summed E-state index contributed by atoms with van der Waals surface area (Å²) < 4.78 is 52.6. The summed E-state index contributed by atoms with van der Waals surface area (Å²) in [6.07, 6.45) is -3.90. The Morgan fingerprint density at radius 3 is 2.72 bits per heavy atom. The molecule has 39 heavy (non-hydrogen) atoms. The summed E-state index contributed by atoms with van der Waals surface area (Å²) in [5, 5.41) is 13.3. The molecule has 0 saturated carbocycles. The van der Waals surface area contributed by atoms with Crippen molar-refractivity contribution in [2.75, 3.05) is 12.3 Å². The van der Waals surface area contributed by atoms with E-state index in [0.29, 0.717) is 0 Å². The minimum atomic E-state index is -4.31. The van der Waals surface area contributed by atoms with E-state index in [2.05, 4.69) is 20.0 Å². The highest BCUT2D eigenvalue weighted by atomic mass is 31.2. The normalized spacial score (nSPS) is 25.5. The van der Waals surface area contributed by atoms with Gasteiger partial charge in [-0.2, -0.15) is 10.1 Å². The quantitative estimate of drug-likeness (QED) is 0.205. The van der Waals surface area contributed by atoms with Gasteiger partial charge in [-0.3, -0.25) is 23.7 Å². The average Bonchev–Trinajstić information content (AvgIpc) is 3.36. The van der Waals surface area contributed by atoms with Crippen LogP contribution in [-0.4, -0.2) is 67.2 Å². The van der Waals surface area contributed by atoms with Crippen LogP contribution in [0.15, 0.2) is 41.5 Å². The maximum absolute atomic E-state index is 15.8. The summed E-state index contributed by atoms with van der Waals surface area (Å²) in [6, 6.07) is 6.93. The molecule has 14 nitrogen and oxygen atoms in total. The lowest BCUT2D eigenvalue weighted by atomic mass is 9.98. The zero-order valence-corrected chi connectivity index (χ0v) is 22.5. The van der Waals surface area contributed by atoms with Crippen LogP contribution in [0.5, 0.6) is 5.75 Å². The van der Waals surface area contributed by atoms with Crippen molar-refractivity contribution >= 4 is 30.8 Å². The molecule has 16 heteroatoms. The van der Waals surface area contributed by atoms with Crippen molar-refractivity contribution in [3.63, 3.8) is 0 Å². The third-order valence-corrected chi connectivity index (χ3v) is 7.50. The predicted molar refractivity (Wildman–Crippen MR) is 136 cm³/mol. The number of benzene rings is 1. The molecule has 3 heterocycles. The van der Waals surface area contributed by atoms with Crippen LogP contribution >= 0.6 is 7.75 Å². The van der Waals surface area contributed by atoms with Crippen LogP contribution in [-0.2, 0) is 23.4 Å². The second-order valence-electron chi connectivity index (χ2n) is 9.43. The second kappa shape index (κ2) is 11.0. The zero-order chi connectivity index (χ0) is 28.5. The van der Waals surface area contributed by atoms with Crippen LogP contribution in [0.1, 0.15) is 33.9 Å². The van der Waals surface area contributed by atoms with Gasteiger partial charge in [0.25, 0.3) is 5.56 Å². The maximum atomic E-state index is 15.8. The molecule has 0 spiro atoms. The molecule has 0 radical (unpaired) electrons. The minimum Gasteiger partial charge on any atom is -0.462 e. The third kappa shape index (κ3) is 6.12. The van der Waals surface area contributed by atoms with E-state index in [9.17, 15) is 19.3 Å². The highest BCUT2D eigenvalue weighted by molar-refractivity contribution is 7.52. The molecule has 5 N–H and O–H groups in total. The lowest BCUT2D eigenvalue weighted by molar-refractivity contribution is -0.149. The number of alkyl halides is 1. The molecule has 6 unspecified atom stereocenters. The first-order valence-electron chi connectivity index (χ1n) is 12.0. The van der Waals surface area contributed by atoms with Crippen molar-refractivity contribution in [2.45, 2.75) is 63.9 Å². The molecule has 0 aliphatic carbocycles. The summed E-state index contributed by atoms with van der Waals surface area (Å²) in [5.41, 5.74) is 2.40. The smallest absolute Gasteiger partial charge is 0.459 e. The molecule has 3 aromatic rings. The fourth-order valence-electron chi connectivity index (χ4n) is 3.97. The number of ether oxygens (including phenoxy) is 2. The number of para-hydroxylation sites is 1. The Hall–Kier alpha value is -3.36. The number of rotatable bonds is 10. The van der Waals surface area contributed by atoms with E-state index in [4.69, 9.17) is 24.3 Å². The first-order valence-corrected chi connectivity index (χ1v) is 13.6. The van der Waals surface area contributed by atoms with Crippen LogP contribution in [0.2, 0.25) is 0 Å². The number of aromatic amines is 1. The second-order valence-corrected chi connectivity index (χ2v) is 11.1. The van der Waals surface area contributed by atoms with Gasteiger partial charge in [0.15, 0.2) is 23.1 Å². The van der Waals surface area contributed by atoms with Crippen molar-refractivity contribution in [1.82, 2.24) is 24.6 Å². The number of halogens is 1. The van der Waals surface area contributed by atoms with Crippen LogP contribution in [0, 0.1) is 0 Å². The Morgan fingerprint density at radius 2 is 2.05 bits per heavy atom. The van der Waals surface area contributed by atoms with Gasteiger partial charge >= 0.3 is 13.7 Å². The standard InChI is InChI=1S/C23H30FN6O8P/c1-12(2)36-20(33)13(3)29-39(34,38-14-8-6-5-7-9-14)35-10-15-17(31)23(4,24)21(37-15)30-11-26-16-18(30)27-22(25)28-19(16)32/h5-9,11-13,15,17,21,31H,10H2,1-4H3,(H,29,34)(H3,25,27,28,32). The van der Waals surface area contributed by atoms with Crippen LogP contribution in [0.4, 0.5) is 10.3 Å². The average molecular weight is 568 g/mol. The Morgan fingerprint density at radius 1 is 1.36 bits per heavy atom. The number of fused-ring (bicyclic) bond motifs is 1. The van der Waals surface area contributed by atoms with Crippen molar-refractivity contribution in [3.05, 3.63) is 47.0 Å². The van der Waals surface area contributed by atoms with Crippen molar-refractivity contribution < 1.29 is 37.4 Å². The molecule has 1 aromatic carbocycles. The van der Waals surface area contributed by atoms with Crippen molar-refractivity contribution in [1.29, 1.82) is 0 Å². The van der Waals surface area contributed by atoms with Gasteiger partial charge in [0.05, 0.1) is 19.0 Å². The van der Waals surface area contributed by atoms with E-state index in [1.54, 1.807) is 32.0 Å². The highest BCUT2D eigenvalue weighted by Crippen LogP contribution is 2.48. The minimum absolute atomic E-state index is 0.0591. The number of hydrogen-bond donors (Lipinski definition) is 4. The maximum Gasteiger partial charge on any atom is 0.459 e. The number of H-pyrrole nitrogens is 1. The van der Waals surface area contributed by atoms with Crippen LogP contribution < -0.4 is 20.9 Å². The molecule has 1 saturated heterocycles. The van der Waals surface area contributed by atoms with E-state index in [0.717, 1.165) is 17.8 Å². The number of carbonyl (C=O) groups excluding carboxylic acids is 1. The molecule has 0 amide bonds. The monoisotopic (exact) mass is 568 g/mol. The van der Waals surface area contributed by atoms with E-state index in [1.807, 2.05) is 0 Å². The number of aliphatic hydroxyl groups excluding tert-OH is 1. The molecular formula is C23H30FN6O8P.